The summed E-state index contributed by atoms with van der Waals surface area (Å²) in [5.74, 6) is 1.66. The molecule has 5 rings (SSSR count). The Kier molecular flexibility index (Phi) is 4.69. The number of amides is 1. The van der Waals surface area contributed by atoms with Crippen molar-refractivity contribution in [2.24, 2.45) is 0 Å². The van der Waals surface area contributed by atoms with Crippen molar-refractivity contribution >= 4 is 5.91 Å². The Bertz CT molecular complexity index is 1060. The zero-order valence-corrected chi connectivity index (χ0v) is 17.2. The van der Waals surface area contributed by atoms with E-state index in [1.807, 2.05) is 42.3 Å². The van der Waals surface area contributed by atoms with Crippen molar-refractivity contribution in [1.29, 1.82) is 0 Å². The zero-order chi connectivity index (χ0) is 20.7. The lowest BCUT2D eigenvalue weighted by Crippen LogP contribution is -2.35. The van der Waals surface area contributed by atoms with Crippen molar-refractivity contribution in [3.63, 3.8) is 0 Å². The molecule has 154 valence electrons. The van der Waals surface area contributed by atoms with Gasteiger partial charge < -0.3 is 19.1 Å². The van der Waals surface area contributed by atoms with Gasteiger partial charge in [-0.25, -0.2) is 0 Å². The van der Waals surface area contributed by atoms with Crippen LogP contribution in [0, 0.1) is 6.92 Å². The number of hydrogen-bond acceptors (Lipinski definition) is 5. The van der Waals surface area contributed by atoms with Gasteiger partial charge in [0.05, 0.1) is 6.54 Å². The van der Waals surface area contributed by atoms with Crippen LogP contribution < -0.4 is 14.2 Å². The van der Waals surface area contributed by atoms with E-state index >= 15 is 0 Å². The van der Waals surface area contributed by atoms with E-state index in [-0.39, 0.29) is 18.6 Å². The Labute approximate surface area is 175 Å². The van der Waals surface area contributed by atoms with Crippen LogP contribution in [0.15, 0.2) is 53.9 Å². The molecule has 0 N–H and O–H groups in total. The second-order valence-electron chi connectivity index (χ2n) is 7.89. The van der Waals surface area contributed by atoms with Crippen LogP contribution >= 0.6 is 0 Å². The molecule has 0 spiro atoms. The summed E-state index contributed by atoms with van der Waals surface area (Å²) < 4.78 is 16.8. The Morgan fingerprint density at radius 2 is 1.87 bits per heavy atom. The highest BCUT2D eigenvalue weighted by atomic mass is 16.7. The Balaban J connectivity index is 1.49. The molecule has 1 aromatic carbocycles. The third-order valence-corrected chi connectivity index (χ3v) is 5.81. The van der Waals surface area contributed by atoms with E-state index in [0.29, 0.717) is 30.4 Å². The van der Waals surface area contributed by atoms with Crippen molar-refractivity contribution < 1.29 is 19.0 Å². The smallest absolute Gasteiger partial charge is 0.238 e. The second-order valence-corrected chi connectivity index (χ2v) is 7.89. The van der Waals surface area contributed by atoms with E-state index < -0.39 is 0 Å². The predicted molar refractivity (Wildman–Crippen MR) is 111 cm³/mol. The minimum absolute atomic E-state index is 0.0223. The molecular weight excluding hydrogens is 380 g/mol. The number of rotatable bonds is 4. The Hall–Kier alpha value is -3.28. The van der Waals surface area contributed by atoms with Crippen LogP contribution in [-0.4, -0.2) is 29.2 Å². The third kappa shape index (κ3) is 3.32. The van der Waals surface area contributed by atoms with Gasteiger partial charge in [-0.2, -0.15) is 0 Å². The maximum absolute atomic E-state index is 13.8. The molecule has 3 heterocycles. The molecule has 1 aromatic heterocycles. The number of aryl methyl sites for hydroxylation is 1. The number of ether oxygens (including phenoxy) is 3. The van der Waals surface area contributed by atoms with E-state index in [2.05, 4.69) is 24.1 Å². The predicted octanol–water partition coefficient (Wildman–Crippen LogP) is 4.25. The van der Waals surface area contributed by atoms with Crippen LogP contribution in [0.25, 0.3) is 0 Å². The summed E-state index contributed by atoms with van der Waals surface area (Å²) in [7, 11) is 0. The molecule has 30 heavy (non-hydrogen) atoms. The molecule has 1 amide bonds. The highest BCUT2D eigenvalue weighted by Gasteiger charge is 2.37. The van der Waals surface area contributed by atoms with Crippen molar-refractivity contribution in [3.8, 4) is 17.2 Å². The summed E-state index contributed by atoms with van der Waals surface area (Å²) in [6.07, 6.45) is 8.13. The normalized spacial score (nSPS) is 18.9. The van der Waals surface area contributed by atoms with Crippen molar-refractivity contribution in [3.05, 3.63) is 70.7 Å². The molecule has 6 nitrogen and oxygen atoms in total. The minimum Gasteiger partial charge on any atom is -0.492 e. The van der Waals surface area contributed by atoms with Gasteiger partial charge in [-0.05, 0) is 50.0 Å². The van der Waals surface area contributed by atoms with Crippen LogP contribution in [0.2, 0.25) is 0 Å². The summed E-state index contributed by atoms with van der Waals surface area (Å²) in [5, 5.41) is 0. The third-order valence-electron chi connectivity index (χ3n) is 5.81. The van der Waals surface area contributed by atoms with Gasteiger partial charge in [0.25, 0.3) is 0 Å². The highest BCUT2D eigenvalue weighted by Crippen LogP contribution is 2.45. The summed E-state index contributed by atoms with van der Waals surface area (Å²) in [6, 6.07) is 7.72. The number of aromatic nitrogens is 1. The fraction of sp³-hybridized carbons (Fsp3) is 0.333. The molecule has 0 saturated heterocycles. The molecule has 0 saturated carbocycles. The number of allylic oxidation sites excluding steroid dienone is 3. The van der Waals surface area contributed by atoms with E-state index in [1.54, 1.807) is 0 Å². The first kappa shape index (κ1) is 18.7. The molecular formula is C24H24N2O4. The first-order chi connectivity index (χ1) is 14.6. The largest absolute Gasteiger partial charge is 0.492 e. The highest BCUT2D eigenvalue weighted by molar-refractivity contribution is 5.88. The fourth-order valence-electron chi connectivity index (χ4n) is 4.16. The lowest BCUT2D eigenvalue weighted by atomic mass is 9.96. The number of carbonyl (C=O) groups is 1. The molecule has 0 bridgehead atoms. The average molecular weight is 404 g/mol. The summed E-state index contributed by atoms with van der Waals surface area (Å²) in [4.78, 5) is 20.1. The summed E-state index contributed by atoms with van der Waals surface area (Å²) in [6.45, 7) is 5.01. The van der Waals surface area contributed by atoms with Gasteiger partial charge >= 0.3 is 0 Å². The molecule has 1 atom stereocenters. The number of pyridine rings is 1. The number of fused-ring (bicyclic) bond motifs is 2. The van der Waals surface area contributed by atoms with Gasteiger partial charge in [0.15, 0.2) is 11.5 Å². The van der Waals surface area contributed by atoms with Gasteiger partial charge in [-0.3, -0.25) is 9.78 Å². The molecule has 0 fully saturated rings. The molecule has 3 aliphatic rings. The lowest BCUT2D eigenvalue weighted by molar-refractivity contribution is -0.131. The second kappa shape index (κ2) is 7.52. The minimum atomic E-state index is -0.386. The molecule has 6 heteroatoms. The monoisotopic (exact) mass is 404 g/mol. The van der Waals surface area contributed by atoms with Crippen molar-refractivity contribution in [2.75, 3.05) is 13.4 Å². The summed E-state index contributed by atoms with van der Waals surface area (Å²) >= 11 is 0. The van der Waals surface area contributed by atoms with Crippen LogP contribution in [-0.2, 0) is 11.3 Å². The molecule has 1 aliphatic carbocycles. The standard InChI is InChI=1S/C24H24N2O4/c1-15-5-3-4-6-20(15)26(12-17-8-7-16(2)25-11-17)24(27)19-13-28-21-10-23-22(9-18(19)21)29-14-30-23/h5-11,19H,3-4,12-14H2,1-2H3. The van der Waals surface area contributed by atoms with Gasteiger partial charge in [0.1, 0.15) is 18.3 Å². The van der Waals surface area contributed by atoms with Crippen LogP contribution in [0.4, 0.5) is 0 Å². The Morgan fingerprint density at radius 1 is 1.07 bits per heavy atom. The maximum atomic E-state index is 13.8. The van der Waals surface area contributed by atoms with Crippen LogP contribution in [0.1, 0.15) is 42.5 Å². The quantitative estimate of drug-likeness (QED) is 0.763. The van der Waals surface area contributed by atoms with Gasteiger partial charge in [0, 0.05) is 29.2 Å². The molecule has 2 aromatic rings. The number of hydrogen-bond donors (Lipinski definition) is 0. The Morgan fingerprint density at radius 3 is 2.63 bits per heavy atom. The van der Waals surface area contributed by atoms with Crippen LogP contribution in [0.3, 0.4) is 0 Å². The molecule has 1 unspecified atom stereocenters. The lowest BCUT2D eigenvalue weighted by Gasteiger charge is -2.30. The number of carbonyl (C=O) groups excluding carboxylic acids is 1. The van der Waals surface area contributed by atoms with Crippen molar-refractivity contribution in [1.82, 2.24) is 9.88 Å². The number of nitrogens with zero attached hydrogens (tertiary/aromatic N) is 2. The van der Waals surface area contributed by atoms with Gasteiger partial charge in [-0.1, -0.05) is 18.2 Å². The SMILES string of the molecule is CC1=CCCC=C1N(Cc1ccc(C)nc1)C(=O)C1COc2cc3c(cc21)OCO3. The maximum Gasteiger partial charge on any atom is 0.238 e. The first-order valence-corrected chi connectivity index (χ1v) is 10.3. The first-order valence-electron chi connectivity index (χ1n) is 10.3. The zero-order valence-electron chi connectivity index (χ0n) is 17.2. The van der Waals surface area contributed by atoms with Gasteiger partial charge in [0.2, 0.25) is 12.7 Å². The molecule has 2 aliphatic heterocycles. The van der Waals surface area contributed by atoms with E-state index in [1.165, 1.54) is 0 Å². The van der Waals surface area contributed by atoms with Crippen molar-refractivity contribution in [2.45, 2.75) is 39.2 Å². The van der Waals surface area contributed by atoms with E-state index in [9.17, 15) is 4.79 Å². The number of benzene rings is 1. The van der Waals surface area contributed by atoms with Gasteiger partial charge in [-0.15, -0.1) is 0 Å². The summed E-state index contributed by atoms with van der Waals surface area (Å²) in [5.41, 5.74) is 4.91. The topological polar surface area (TPSA) is 60.9 Å². The average Bonchev–Trinajstić information content (AvgIpc) is 3.38. The van der Waals surface area contributed by atoms with Crippen LogP contribution in [0.5, 0.6) is 17.2 Å². The molecule has 0 radical (unpaired) electrons. The van der Waals surface area contributed by atoms with E-state index in [4.69, 9.17) is 14.2 Å². The van der Waals surface area contributed by atoms with E-state index in [0.717, 1.165) is 40.9 Å². The fourth-order valence-corrected chi connectivity index (χ4v) is 4.16.